The molecule has 0 aliphatic carbocycles. The summed E-state index contributed by atoms with van der Waals surface area (Å²) in [4.78, 5) is 168. The van der Waals surface area contributed by atoms with Crippen LogP contribution in [0.5, 0.6) is 0 Å². The Morgan fingerprint density at radius 1 is 0.105 bits per heavy atom. The molecule has 60 nitrogen and oxygen atoms in total. The van der Waals surface area contributed by atoms with Crippen molar-refractivity contribution in [2.45, 2.75) is 0 Å². The zero-order valence-electron chi connectivity index (χ0n) is 45.5. The van der Waals surface area contributed by atoms with E-state index < -0.39 is 123 Å². The second kappa shape index (κ2) is 225. The average Bonchev–Trinajstić information content (AvgIpc) is 2.99. The van der Waals surface area contributed by atoms with Gasteiger partial charge in [-0.25, -0.2) is 24.0 Å². The van der Waals surface area contributed by atoms with Gasteiger partial charge in [0.05, 0.1) is 0 Å². The van der Waals surface area contributed by atoms with Crippen LogP contribution in [0.2, 0.25) is 0 Å². The maximum Gasteiger partial charge on any atom is 2.00 e. The Morgan fingerprint density at radius 2 is 0.105 bits per heavy atom. The van der Waals surface area contributed by atoms with Crippen LogP contribution in [0.3, 0.4) is 0 Å². The summed E-state index contributed by atoms with van der Waals surface area (Å²) in [7, 11) is 0. The molecule has 0 aromatic heterocycles. The van der Waals surface area contributed by atoms with E-state index in [4.69, 9.17) is 300 Å². The van der Waals surface area contributed by atoms with E-state index in [1.165, 1.54) is 0 Å². The van der Waals surface area contributed by atoms with Crippen LogP contribution in [-0.2, 0) is 0 Å². The molecule has 0 atom stereocenters. The van der Waals surface area contributed by atoms with Crippen LogP contribution in [0.4, 0.5) is 95.9 Å². The normalized spacial score (nSPS) is 5.05. The molecule has 0 radical (unpaired) electrons. The Labute approximate surface area is 966 Å². The Kier molecular flexibility index (Phi) is 550. The molecule has 10 N–H and O–H groups in total. The summed E-state index contributed by atoms with van der Waals surface area (Å²) in [6, 6.07) is 0. The van der Waals surface area contributed by atoms with E-state index in [1.54, 1.807) is 0 Å². The van der Waals surface area contributed by atoms with Gasteiger partial charge in [-0.15, -0.1) is 0 Å². The Bertz CT molecular complexity index is 1100. The minimum atomic E-state index is -2.33. The van der Waals surface area contributed by atoms with Gasteiger partial charge in [-0.3, -0.25) is 0 Å². The minimum Gasteiger partial charge on any atom is -0.652 e. The summed E-state index contributed by atoms with van der Waals surface area (Å²) in [6.45, 7) is 0. The monoisotopic (exact) mass is 1810 g/mol. The number of rotatable bonds is 0. The zero-order chi connectivity index (χ0) is 71.5. The molecule has 480 valence electrons. The van der Waals surface area contributed by atoms with Crippen LogP contribution in [0.25, 0.3) is 0 Å². The standard InChI is InChI=1S/20CH2O3.15Ca/c20*2-1(3)4;;;;;;;;;;;;;;;/h20*(H2,2,3,4);;;;;;;;;;;;;;;/q;;;;;;;;;;;;;;;;;;;;15*+2/p-30. The summed E-state index contributed by atoms with van der Waals surface area (Å²) in [5.41, 5.74) is 0. The number of carbonyl (C=O) groups excluding carboxylic acids is 15. The molecular weight excluding hydrogens is 1800 g/mol. The van der Waals surface area contributed by atoms with Crippen molar-refractivity contribution in [3.05, 3.63) is 0 Å². The Morgan fingerprint density at radius 3 is 0.105 bits per heavy atom. The van der Waals surface area contributed by atoms with E-state index in [9.17, 15) is 0 Å². The van der Waals surface area contributed by atoms with Gasteiger partial charge < -0.3 is 276 Å². The molecule has 0 spiro atoms. The fourth-order valence-corrected chi connectivity index (χ4v) is 0. The van der Waals surface area contributed by atoms with Crippen molar-refractivity contribution in [3.8, 4) is 0 Å². The molecule has 95 heavy (non-hydrogen) atoms. The summed E-state index contributed by atoms with van der Waals surface area (Å²) in [5.74, 6) is 0. The molecule has 0 aliphatic heterocycles. The van der Waals surface area contributed by atoms with Gasteiger partial charge >= 0.3 is 597 Å². The van der Waals surface area contributed by atoms with Gasteiger partial charge in [0, 0.05) is 0 Å². The number of carbonyl (C=O) groups is 20. The quantitative estimate of drug-likeness (QED) is 0.101. The SMILES string of the molecule is O=C(O)O.O=C(O)O.O=C(O)O.O=C(O)O.O=C(O)O.O=C([O-])[O-].O=C([O-])[O-].O=C([O-])[O-].O=C([O-])[O-].O=C([O-])[O-].O=C([O-])[O-].O=C([O-])[O-].O=C([O-])[O-].O=C([O-])[O-].O=C([O-])[O-].O=C([O-])[O-].O=C([O-])[O-].O=C([O-])[O-].O=C([O-])[O-].O=C([O-])[O-].[Ca+2].[Ca+2].[Ca+2].[Ca+2].[Ca+2].[Ca+2].[Ca+2].[Ca+2].[Ca+2].[Ca+2].[Ca+2].[Ca+2].[Ca+2].[Ca+2].[Ca+2]. The van der Waals surface area contributed by atoms with Gasteiger partial charge in [0.25, 0.3) is 0 Å². The molecule has 0 unspecified atom stereocenters. The van der Waals surface area contributed by atoms with Gasteiger partial charge in [-0.2, -0.15) is 0 Å². The molecule has 0 saturated carbocycles. The summed E-state index contributed by atoms with van der Waals surface area (Å²) >= 11 is 0. The molecular formula is C20H10Ca15O60. The minimum absolute atomic E-state index is 0. The van der Waals surface area contributed by atoms with Crippen molar-refractivity contribution in [2.75, 3.05) is 0 Å². The molecule has 0 aliphatic rings. The van der Waals surface area contributed by atoms with Crippen LogP contribution in [0.15, 0.2) is 0 Å². The third kappa shape index (κ3) is 49400. The second-order valence-electron chi connectivity index (χ2n) is 5.16. The first-order valence-electron chi connectivity index (χ1n) is 12.4. The smallest absolute Gasteiger partial charge is 0.652 e. The zero-order valence-corrected chi connectivity index (χ0v) is 78.6. The predicted octanol–water partition coefficient (Wildman–Crippen LogP) is -41.3. The van der Waals surface area contributed by atoms with Crippen molar-refractivity contribution in [3.63, 3.8) is 0 Å². The van der Waals surface area contributed by atoms with Crippen LogP contribution in [0.1, 0.15) is 0 Å². The molecule has 0 fully saturated rings. The van der Waals surface area contributed by atoms with E-state index in [2.05, 4.69) is 0 Å². The maximum absolute atomic E-state index is 8.56. The third-order valence-electron chi connectivity index (χ3n) is 0. The molecule has 75 heteroatoms. The molecule has 0 aromatic carbocycles. The van der Waals surface area contributed by atoms with Crippen LogP contribution < -0.4 is 153 Å². The van der Waals surface area contributed by atoms with Crippen LogP contribution in [-0.4, -0.2) is 740 Å². The molecule has 0 aromatic rings. The first-order valence-corrected chi connectivity index (χ1v) is 12.4. The summed E-state index contributed by atoms with van der Waals surface area (Å²) in [6.07, 6.45) is -44.2. The van der Waals surface area contributed by atoms with E-state index >= 15 is 0 Å². The molecule has 0 amide bonds. The number of carboxylic acid groups (broad SMARTS) is 40. The van der Waals surface area contributed by atoms with Gasteiger partial charge in [-0.1, -0.05) is 0 Å². The van der Waals surface area contributed by atoms with E-state index in [1.807, 2.05) is 0 Å². The van der Waals surface area contributed by atoms with E-state index in [0.717, 1.165) is 0 Å². The van der Waals surface area contributed by atoms with Gasteiger partial charge in [-0.05, 0) is 92.3 Å². The fourth-order valence-electron chi connectivity index (χ4n) is 0. The predicted molar refractivity (Wildman–Crippen MR) is 221 cm³/mol. The number of hydrogen-bond donors (Lipinski definition) is 10. The molecule has 0 heterocycles. The average molecular weight is 1810 g/mol. The maximum atomic E-state index is 8.56. The first-order chi connectivity index (χ1) is 34.6. The van der Waals surface area contributed by atoms with Crippen molar-refractivity contribution in [2.24, 2.45) is 0 Å². The third-order valence-corrected chi connectivity index (χ3v) is 0. The van der Waals surface area contributed by atoms with Crippen molar-refractivity contribution >= 4 is 689 Å². The number of hydrogen-bond acceptors (Lipinski definition) is 50. The largest absolute Gasteiger partial charge is 2.00 e. The van der Waals surface area contributed by atoms with E-state index in [-0.39, 0.29) is 566 Å². The summed E-state index contributed by atoms with van der Waals surface area (Å²) < 4.78 is 0. The van der Waals surface area contributed by atoms with Crippen LogP contribution in [0, 0.1) is 0 Å². The van der Waals surface area contributed by atoms with Crippen molar-refractivity contribution in [1.82, 2.24) is 0 Å². The van der Waals surface area contributed by atoms with Gasteiger partial charge in [0.2, 0.25) is 0 Å². The van der Waals surface area contributed by atoms with Crippen molar-refractivity contribution in [1.29, 1.82) is 0 Å². The molecule has 0 rings (SSSR count). The Balaban J connectivity index is -0.0000000120. The Hall–Kier alpha value is 4.30. The molecule has 0 saturated heterocycles. The van der Waals surface area contributed by atoms with Crippen LogP contribution >= 0.6 is 0 Å². The summed E-state index contributed by atoms with van der Waals surface area (Å²) in [5, 5.41) is 320. The molecule has 0 bridgehead atoms. The van der Waals surface area contributed by atoms with Crippen molar-refractivity contribution < 1.29 is 300 Å². The second-order valence-corrected chi connectivity index (χ2v) is 5.16. The van der Waals surface area contributed by atoms with E-state index in [0.29, 0.717) is 0 Å². The fraction of sp³-hybridized carbons (Fsp3) is 0. The first kappa shape index (κ1) is 232. The van der Waals surface area contributed by atoms with Gasteiger partial charge in [0.15, 0.2) is 0 Å². The topological polar surface area (TPSA) is 1240 Å². The van der Waals surface area contributed by atoms with Gasteiger partial charge in [0.1, 0.15) is 0 Å².